The number of Topliss-reactive ketones (excluding diaryl/α,β-unsaturated/α-hetero) is 1. The predicted octanol–water partition coefficient (Wildman–Crippen LogP) is 4.94. The van der Waals surface area contributed by atoms with E-state index < -0.39 is 0 Å². The highest BCUT2D eigenvalue weighted by atomic mass is 16.5. The van der Waals surface area contributed by atoms with Crippen LogP contribution in [0.25, 0.3) is 0 Å². The molecule has 2 heterocycles. The molecule has 5 rings (SSSR count). The van der Waals surface area contributed by atoms with E-state index in [4.69, 9.17) is 9.47 Å². The van der Waals surface area contributed by atoms with E-state index >= 15 is 0 Å². The Labute approximate surface area is 192 Å². The van der Waals surface area contributed by atoms with Crippen LogP contribution in [0, 0.1) is 5.92 Å². The summed E-state index contributed by atoms with van der Waals surface area (Å²) in [6.07, 6.45) is 9.25. The Hall–Kier alpha value is -1.59. The maximum absolute atomic E-state index is 12.3. The number of rotatable bonds is 6. The van der Waals surface area contributed by atoms with E-state index in [0.717, 1.165) is 50.6 Å². The number of nitrogens with zero attached hydrogens (tertiary/aromatic N) is 1. The predicted molar refractivity (Wildman–Crippen MR) is 125 cm³/mol. The highest BCUT2D eigenvalue weighted by Crippen LogP contribution is 2.56. The quantitative estimate of drug-likeness (QED) is 0.634. The average Bonchev–Trinajstić information content (AvgIpc) is 2.72. The third-order valence-corrected chi connectivity index (χ3v) is 8.83. The molecule has 0 amide bonds. The fourth-order valence-electron chi connectivity index (χ4n) is 6.79. The number of unbranched alkanes of at least 4 members (excludes halogenated alkanes) is 1. The molecule has 2 saturated carbocycles. The number of ether oxygens (including phenoxy) is 2. The molecule has 1 saturated heterocycles. The molecule has 1 aromatic carbocycles. The van der Waals surface area contributed by atoms with Crippen LogP contribution in [-0.2, 0) is 14.9 Å². The van der Waals surface area contributed by atoms with E-state index in [1.165, 1.54) is 44.1 Å². The monoisotopic (exact) mass is 441 g/mol. The Balaban J connectivity index is 1.33. The van der Waals surface area contributed by atoms with Crippen LogP contribution in [-0.4, -0.2) is 54.2 Å². The third kappa shape index (κ3) is 4.07. The fraction of sp³-hybridized carbons (Fsp3) is 0.741. The van der Waals surface area contributed by atoms with Crippen LogP contribution in [0.4, 0.5) is 0 Å². The Morgan fingerprint density at radius 1 is 1.16 bits per heavy atom. The van der Waals surface area contributed by atoms with E-state index in [9.17, 15) is 9.90 Å². The minimum Gasteiger partial charge on any atom is -0.508 e. The number of carbonyl (C=O) groups excluding carboxylic acids is 1. The van der Waals surface area contributed by atoms with E-state index in [2.05, 4.69) is 24.8 Å². The first kappa shape index (κ1) is 22.2. The molecule has 2 atom stereocenters. The highest BCUT2D eigenvalue weighted by molar-refractivity contribution is 5.81. The zero-order valence-corrected chi connectivity index (χ0v) is 19.8. The van der Waals surface area contributed by atoms with Crippen molar-refractivity contribution in [2.24, 2.45) is 5.92 Å². The summed E-state index contributed by atoms with van der Waals surface area (Å²) in [7, 11) is 0. The summed E-state index contributed by atoms with van der Waals surface area (Å²) < 4.78 is 12.0. The number of hydrogen-bond acceptors (Lipinski definition) is 5. The molecular formula is C27H39NO4. The van der Waals surface area contributed by atoms with Crippen molar-refractivity contribution >= 4 is 5.78 Å². The molecule has 0 spiro atoms. The van der Waals surface area contributed by atoms with Crippen molar-refractivity contribution < 1.29 is 19.4 Å². The van der Waals surface area contributed by atoms with Gasteiger partial charge in [-0.15, -0.1) is 0 Å². The molecule has 2 aliphatic heterocycles. The van der Waals surface area contributed by atoms with Crippen LogP contribution in [0.3, 0.4) is 0 Å². The lowest BCUT2D eigenvalue weighted by Crippen LogP contribution is -2.47. The van der Waals surface area contributed by atoms with Gasteiger partial charge in [-0.25, -0.2) is 0 Å². The molecule has 2 aliphatic carbocycles. The van der Waals surface area contributed by atoms with Gasteiger partial charge in [0.1, 0.15) is 22.9 Å². The molecule has 0 aromatic heterocycles. The summed E-state index contributed by atoms with van der Waals surface area (Å²) >= 11 is 0. The van der Waals surface area contributed by atoms with E-state index in [1.54, 1.807) is 0 Å². The van der Waals surface area contributed by atoms with Crippen molar-refractivity contribution in [3.8, 4) is 11.5 Å². The molecule has 1 aromatic rings. The van der Waals surface area contributed by atoms with E-state index in [1.807, 2.05) is 6.07 Å². The summed E-state index contributed by atoms with van der Waals surface area (Å²) in [5.74, 6) is 1.84. The molecule has 0 unspecified atom stereocenters. The molecular weight excluding hydrogens is 402 g/mol. The van der Waals surface area contributed by atoms with Gasteiger partial charge in [0.05, 0.1) is 13.2 Å². The van der Waals surface area contributed by atoms with Crippen LogP contribution >= 0.6 is 0 Å². The number of phenolic OH excluding ortho intramolecular Hbond substituents is 1. The van der Waals surface area contributed by atoms with Crippen LogP contribution in [0.2, 0.25) is 0 Å². The summed E-state index contributed by atoms with van der Waals surface area (Å²) in [5, 5.41) is 11.1. The second-order valence-electron chi connectivity index (χ2n) is 11.2. The maximum atomic E-state index is 12.3. The SMILES string of the molecule is CC1(C)Oc2cc(C3(CCCCN4CCOCC4)CCC3)cc(O)c2[C@@H]2CC(=O)CC[C@H]21. The van der Waals surface area contributed by atoms with Gasteiger partial charge in [0.25, 0.3) is 0 Å². The molecule has 176 valence electrons. The standard InChI is InChI=1S/C27H39NO4/c1-26(2)22-7-6-20(29)18-21(22)25-23(30)16-19(17-24(25)32-26)27(9-5-10-27)8-3-4-11-28-12-14-31-15-13-28/h16-17,21-22,30H,3-15,18H2,1-2H3/t21-,22-/m1/s1. The first-order valence-corrected chi connectivity index (χ1v) is 12.8. The Bertz CT molecular complexity index is 853. The molecule has 1 N–H and O–H groups in total. The molecule has 5 heteroatoms. The van der Waals surface area contributed by atoms with Gasteiger partial charge >= 0.3 is 0 Å². The largest absolute Gasteiger partial charge is 0.508 e. The van der Waals surface area contributed by atoms with Gasteiger partial charge in [0.2, 0.25) is 0 Å². The van der Waals surface area contributed by atoms with Gasteiger partial charge in [0.15, 0.2) is 0 Å². The van der Waals surface area contributed by atoms with Crippen LogP contribution < -0.4 is 4.74 Å². The third-order valence-electron chi connectivity index (χ3n) is 8.83. The van der Waals surface area contributed by atoms with E-state index in [-0.39, 0.29) is 22.9 Å². The van der Waals surface area contributed by atoms with Gasteiger partial charge in [-0.05, 0) is 75.6 Å². The molecule has 0 radical (unpaired) electrons. The van der Waals surface area contributed by atoms with E-state index in [0.29, 0.717) is 24.4 Å². The zero-order chi connectivity index (χ0) is 22.3. The molecule has 5 nitrogen and oxygen atoms in total. The number of fused-ring (bicyclic) bond motifs is 3. The van der Waals surface area contributed by atoms with Crippen molar-refractivity contribution in [1.29, 1.82) is 0 Å². The topological polar surface area (TPSA) is 59.0 Å². The van der Waals surface area contributed by atoms with Gasteiger partial charge in [0, 0.05) is 43.3 Å². The first-order chi connectivity index (χ1) is 15.4. The number of phenols is 1. The summed E-state index contributed by atoms with van der Waals surface area (Å²) in [6, 6.07) is 4.23. The summed E-state index contributed by atoms with van der Waals surface area (Å²) in [6.45, 7) is 9.30. The number of morpholine rings is 1. The van der Waals surface area contributed by atoms with Crippen molar-refractivity contribution in [3.05, 3.63) is 23.3 Å². The van der Waals surface area contributed by atoms with Gasteiger partial charge in [-0.3, -0.25) is 9.69 Å². The molecule has 3 fully saturated rings. The van der Waals surface area contributed by atoms with Crippen LogP contribution in [0.5, 0.6) is 11.5 Å². The van der Waals surface area contributed by atoms with Gasteiger partial charge in [-0.1, -0.05) is 12.8 Å². The minimum absolute atomic E-state index is 0.0786. The smallest absolute Gasteiger partial charge is 0.133 e. The van der Waals surface area contributed by atoms with Crippen molar-refractivity contribution in [2.45, 2.75) is 88.6 Å². The van der Waals surface area contributed by atoms with Crippen molar-refractivity contribution in [2.75, 3.05) is 32.8 Å². The molecule has 0 bridgehead atoms. The minimum atomic E-state index is -0.311. The fourth-order valence-corrected chi connectivity index (χ4v) is 6.79. The summed E-state index contributed by atoms with van der Waals surface area (Å²) in [5.41, 5.74) is 1.98. The first-order valence-electron chi connectivity index (χ1n) is 12.8. The number of aromatic hydroxyl groups is 1. The van der Waals surface area contributed by atoms with Gasteiger partial charge < -0.3 is 14.6 Å². The second-order valence-corrected chi connectivity index (χ2v) is 11.2. The average molecular weight is 442 g/mol. The zero-order valence-electron chi connectivity index (χ0n) is 19.8. The highest BCUT2D eigenvalue weighted by Gasteiger charge is 2.48. The molecule has 32 heavy (non-hydrogen) atoms. The number of ketones is 1. The summed E-state index contributed by atoms with van der Waals surface area (Å²) in [4.78, 5) is 14.8. The lowest BCUT2D eigenvalue weighted by molar-refractivity contribution is -0.124. The Morgan fingerprint density at radius 3 is 2.66 bits per heavy atom. The lowest BCUT2D eigenvalue weighted by atomic mass is 9.61. The molecule has 4 aliphatic rings. The Morgan fingerprint density at radius 2 is 1.94 bits per heavy atom. The second kappa shape index (κ2) is 8.64. The Kier molecular flexibility index (Phi) is 6.00. The van der Waals surface area contributed by atoms with Crippen molar-refractivity contribution in [1.82, 2.24) is 4.90 Å². The van der Waals surface area contributed by atoms with Crippen LogP contribution in [0.1, 0.15) is 88.7 Å². The van der Waals surface area contributed by atoms with Crippen LogP contribution in [0.15, 0.2) is 12.1 Å². The number of hydrogen-bond donors (Lipinski definition) is 1. The number of carbonyl (C=O) groups is 1. The number of benzene rings is 1. The van der Waals surface area contributed by atoms with Crippen molar-refractivity contribution in [3.63, 3.8) is 0 Å². The normalized spacial score (nSPS) is 28.9. The maximum Gasteiger partial charge on any atom is 0.133 e. The van der Waals surface area contributed by atoms with Gasteiger partial charge in [-0.2, -0.15) is 0 Å². The lowest BCUT2D eigenvalue weighted by Gasteiger charge is -2.48.